The molecule has 0 spiro atoms. The summed E-state index contributed by atoms with van der Waals surface area (Å²) < 4.78 is 36.9. The van der Waals surface area contributed by atoms with Gasteiger partial charge in [0.2, 0.25) is 10.0 Å². The van der Waals surface area contributed by atoms with Crippen molar-refractivity contribution < 1.29 is 22.7 Å². The summed E-state index contributed by atoms with van der Waals surface area (Å²) in [5.41, 5.74) is 1.18. The summed E-state index contributed by atoms with van der Waals surface area (Å²) in [6.07, 6.45) is 5.07. The van der Waals surface area contributed by atoms with Crippen LogP contribution in [-0.4, -0.2) is 47.0 Å². The Kier molecular flexibility index (Phi) is 7.04. The Morgan fingerprint density at radius 3 is 2.39 bits per heavy atom. The lowest BCUT2D eigenvalue weighted by Crippen LogP contribution is -2.27. The van der Waals surface area contributed by atoms with Gasteiger partial charge < -0.3 is 14.4 Å². The van der Waals surface area contributed by atoms with Crippen molar-refractivity contribution in [3.05, 3.63) is 53.6 Å². The minimum absolute atomic E-state index is 0.0405. The first kappa shape index (κ1) is 21.3. The Bertz CT molecular complexity index is 979. The van der Waals surface area contributed by atoms with Crippen molar-refractivity contribution in [2.45, 2.75) is 11.4 Å². The Balaban J connectivity index is 2.15. The van der Waals surface area contributed by atoms with Gasteiger partial charge in [0.1, 0.15) is 11.5 Å². The summed E-state index contributed by atoms with van der Waals surface area (Å²) in [5.74, 6) is 3.23. The van der Waals surface area contributed by atoms with Gasteiger partial charge in [-0.15, -0.1) is 6.42 Å². The highest BCUT2D eigenvalue weighted by atomic mass is 32.2. The Morgan fingerprint density at radius 2 is 1.82 bits per heavy atom. The van der Waals surface area contributed by atoms with E-state index in [1.807, 2.05) is 6.07 Å². The minimum atomic E-state index is -3.70. The fraction of sp³-hybridized carbons (Fsp3) is 0.250. The molecule has 0 heterocycles. The van der Waals surface area contributed by atoms with Crippen molar-refractivity contribution >= 4 is 15.9 Å². The molecule has 0 atom stereocenters. The molecule has 0 saturated carbocycles. The molecule has 2 aromatic rings. The Labute approximate surface area is 165 Å². The first-order chi connectivity index (χ1) is 13.3. The number of carbonyl (C=O) groups is 1. The lowest BCUT2D eigenvalue weighted by atomic mass is 10.1. The molecule has 0 aliphatic heterocycles. The highest BCUT2D eigenvalue weighted by Gasteiger charge is 2.17. The summed E-state index contributed by atoms with van der Waals surface area (Å²) in [6.45, 7) is 0.214. The van der Waals surface area contributed by atoms with Gasteiger partial charge in [0, 0.05) is 30.8 Å². The van der Waals surface area contributed by atoms with E-state index in [0.29, 0.717) is 23.6 Å². The summed E-state index contributed by atoms with van der Waals surface area (Å²) in [5, 5.41) is 0. The zero-order valence-corrected chi connectivity index (χ0v) is 16.7. The van der Waals surface area contributed by atoms with Gasteiger partial charge in [-0.3, -0.25) is 4.79 Å². The summed E-state index contributed by atoms with van der Waals surface area (Å²) in [4.78, 5) is 14.2. The summed E-state index contributed by atoms with van der Waals surface area (Å²) >= 11 is 0. The van der Waals surface area contributed by atoms with Crippen molar-refractivity contribution in [2.24, 2.45) is 0 Å². The van der Waals surface area contributed by atoms with Crippen LogP contribution in [0.25, 0.3) is 0 Å². The molecule has 1 N–H and O–H groups in total. The van der Waals surface area contributed by atoms with Gasteiger partial charge in [-0.25, -0.2) is 8.42 Å². The molecule has 0 aliphatic carbocycles. The second-order valence-corrected chi connectivity index (χ2v) is 7.66. The number of hydrogen-bond acceptors (Lipinski definition) is 5. The molecule has 0 aromatic heterocycles. The predicted octanol–water partition coefficient (Wildman–Crippen LogP) is 1.89. The lowest BCUT2D eigenvalue weighted by molar-refractivity contribution is 0.0784. The van der Waals surface area contributed by atoms with Crippen LogP contribution in [0, 0.1) is 12.3 Å². The fourth-order valence-electron chi connectivity index (χ4n) is 2.53. The molecule has 148 valence electrons. The van der Waals surface area contributed by atoms with Crippen molar-refractivity contribution in [3.63, 3.8) is 0 Å². The van der Waals surface area contributed by atoms with E-state index in [-0.39, 0.29) is 17.3 Å². The maximum atomic E-state index is 12.7. The quantitative estimate of drug-likeness (QED) is 0.682. The smallest absolute Gasteiger partial charge is 0.253 e. The zero-order chi connectivity index (χ0) is 20.7. The number of ether oxygens (including phenoxy) is 2. The topological polar surface area (TPSA) is 84.9 Å². The molecular formula is C20H22N2O5S. The number of nitrogens with one attached hydrogen (secondary N) is 1. The Morgan fingerprint density at radius 1 is 1.14 bits per heavy atom. The van der Waals surface area contributed by atoms with Crippen molar-refractivity contribution in [3.8, 4) is 23.8 Å². The predicted molar refractivity (Wildman–Crippen MR) is 106 cm³/mol. The molecule has 28 heavy (non-hydrogen) atoms. The van der Waals surface area contributed by atoms with Gasteiger partial charge in [0.15, 0.2) is 0 Å². The van der Waals surface area contributed by atoms with Crippen LogP contribution >= 0.6 is 0 Å². The molecule has 1 amide bonds. The molecule has 0 fully saturated rings. The molecule has 7 nitrogen and oxygen atoms in total. The highest BCUT2D eigenvalue weighted by Crippen LogP contribution is 2.26. The maximum absolute atomic E-state index is 12.7. The van der Waals surface area contributed by atoms with E-state index >= 15 is 0 Å². The van der Waals surface area contributed by atoms with Gasteiger partial charge in [-0.2, -0.15) is 4.72 Å². The number of sulfonamides is 1. The average molecular weight is 402 g/mol. The number of nitrogens with zero attached hydrogens (tertiary/aromatic N) is 1. The molecule has 0 aliphatic rings. The third-order valence-corrected chi connectivity index (χ3v) is 5.44. The lowest BCUT2D eigenvalue weighted by Gasteiger charge is -2.19. The van der Waals surface area contributed by atoms with E-state index < -0.39 is 10.0 Å². The van der Waals surface area contributed by atoms with Crippen LogP contribution in [0.1, 0.15) is 15.9 Å². The van der Waals surface area contributed by atoms with Gasteiger partial charge in [-0.05, 0) is 36.4 Å². The minimum Gasteiger partial charge on any atom is -0.497 e. The highest BCUT2D eigenvalue weighted by molar-refractivity contribution is 7.89. The van der Waals surface area contributed by atoms with E-state index in [1.165, 1.54) is 29.2 Å². The van der Waals surface area contributed by atoms with Gasteiger partial charge in [-0.1, -0.05) is 5.92 Å². The van der Waals surface area contributed by atoms with E-state index in [0.717, 1.165) is 5.56 Å². The van der Waals surface area contributed by atoms with E-state index in [2.05, 4.69) is 10.6 Å². The molecule has 0 unspecified atom stereocenters. The van der Waals surface area contributed by atoms with Crippen LogP contribution in [0.15, 0.2) is 47.4 Å². The van der Waals surface area contributed by atoms with Gasteiger partial charge >= 0.3 is 0 Å². The van der Waals surface area contributed by atoms with Crippen LogP contribution in [0.5, 0.6) is 11.5 Å². The normalized spacial score (nSPS) is 10.8. The number of benzene rings is 2. The zero-order valence-electron chi connectivity index (χ0n) is 15.9. The third-order valence-electron chi connectivity index (χ3n) is 4.02. The first-order valence-electron chi connectivity index (χ1n) is 8.32. The summed E-state index contributed by atoms with van der Waals surface area (Å²) in [6, 6.07) is 11.0. The maximum Gasteiger partial charge on any atom is 0.253 e. The molecule has 8 heteroatoms. The van der Waals surface area contributed by atoms with Crippen LogP contribution in [0.4, 0.5) is 0 Å². The van der Waals surface area contributed by atoms with Crippen LogP contribution in [0.2, 0.25) is 0 Å². The number of terminal acetylenes is 1. The van der Waals surface area contributed by atoms with Crippen LogP contribution in [-0.2, 0) is 16.6 Å². The molecule has 2 rings (SSSR count). The van der Waals surface area contributed by atoms with E-state index in [9.17, 15) is 13.2 Å². The van der Waals surface area contributed by atoms with Crippen LogP contribution < -0.4 is 14.2 Å². The van der Waals surface area contributed by atoms with Crippen molar-refractivity contribution in [1.82, 2.24) is 9.62 Å². The molecule has 0 radical (unpaired) electrons. The van der Waals surface area contributed by atoms with E-state index in [4.69, 9.17) is 15.9 Å². The molecule has 0 saturated heterocycles. The van der Waals surface area contributed by atoms with Crippen LogP contribution in [0.3, 0.4) is 0 Å². The van der Waals surface area contributed by atoms with E-state index in [1.54, 1.807) is 33.4 Å². The standard InChI is InChI=1S/C20H22N2O5S/c1-5-12-21-28(24,25)18-10-7-15(8-11-18)20(23)22(2)14-16-6-9-17(26-3)13-19(16)27-4/h1,6-11,13,21H,12,14H2,2-4H3. The monoisotopic (exact) mass is 402 g/mol. The second kappa shape index (κ2) is 9.26. The third kappa shape index (κ3) is 5.03. The Hall–Kier alpha value is -3.02. The summed E-state index contributed by atoms with van der Waals surface area (Å²) in [7, 11) is 1.08. The van der Waals surface area contributed by atoms with Gasteiger partial charge in [0.25, 0.3) is 5.91 Å². The number of hydrogen-bond donors (Lipinski definition) is 1. The van der Waals surface area contributed by atoms with Crippen molar-refractivity contribution in [2.75, 3.05) is 27.8 Å². The SMILES string of the molecule is C#CCNS(=O)(=O)c1ccc(C(=O)N(C)Cc2ccc(OC)cc2OC)cc1. The van der Waals surface area contributed by atoms with Crippen molar-refractivity contribution in [1.29, 1.82) is 0 Å². The number of rotatable bonds is 8. The number of methoxy groups -OCH3 is 2. The molecular weight excluding hydrogens is 380 g/mol. The molecule has 2 aromatic carbocycles. The number of carbonyl (C=O) groups excluding carboxylic acids is 1. The largest absolute Gasteiger partial charge is 0.497 e. The molecule has 0 bridgehead atoms. The van der Waals surface area contributed by atoms with Gasteiger partial charge in [0.05, 0.1) is 25.7 Å². The first-order valence-corrected chi connectivity index (χ1v) is 9.80. The fourth-order valence-corrected chi connectivity index (χ4v) is 3.46. The number of amides is 1. The second-order valence-electron chi connectivity index (χ2n) is 5.89. The average Bonchev–Trinajstić information content (AvgIpc) is 2.72.